The molecule has 0 aliphatic rings. The Kier molecular flexibility index (Phi) is 4.17. The Morgan fingerprint density at radius 3 is 3.00 bits per heavy atom. The second-order valence-corrected chi connectivity index (χ2v) is 3.18. The van der Waals surface area contributed by atoms with Gasteiger partial charge in [-0.1, -0.05) is 0 Å². The number of hydrogen-bond donors (Lipinski definition) is 1. The molecule has 0 aromatic carbocycles. The van der Waals surface area contributed by atoms with Crippen molar-refractivity contribution in [3.8, 4) is 0 Å². The molecule has 0 aliphatic heterocycles. The lowest BCUT2D eigenvalue weighted by Crippen LogP contribution is -2.31. The van der Waals surface area contributed by atoms with Crippen LogP contribution in [0.15, 0.2) is 18.5 Å². The summed E-state index contributed by atoms with van der Waals surface area (Å²) in [5.74, 6) is -0.849. The molecule has 0 saturated heterocycles. The minimum atomic E-state index is -0.668. The van der Waals surface area contributed by atoms with E-state index >= 15 is 0 Å². The lowest BCUT2D eigenvalue weighted by Gasteiger charge is -2.08. The average molecular weight is 212 g/mol. The van der Waals surface area contributed by atoms with Gasteiger partial charge in [-0.3, -0.25) is 9.78 Å². The van der Waals surface area contributed by atoms with Crippen molar-refractivity contribution in [2.75, 3.05) is 7.11 Å². The van der Waals surface area contributed by atoms with Crippen molar-refractivity contribution in [3.05, 3.63) is 29.8 Å². The molecule has 0 radical (unpaired) electrons. The molecule has 0 amide bonds. The van der Waals surface area contributed by atoms with Crippen molar-refractivity contribution in [1.29, 1.82) is 0 Å². The largest absolute Gasteiger partial charge is 0.468 e. The molecule has 82 valence electrons. The molecule has 0 fully saturated rings. The van der Waals surface area contributed by atoms with Crippen molar-refractivity contribution >= 4 is 5.97 Å². The Bertz CT molecular complexity index is 344. The molecule has 1 atom stereocenters. The third-order valence-corrected chi connectivity index (χ3v) is 2.01. The van der Waals surface area contributed by atoms with Gasteiger partial charge in [0.1, 0.15) is 11.9 Å². The lowest BCUT2D eigenvalue weighted by molar-refractivity contribution is -0.142. The molecule has 0 saturated carbocycles. The van der Waals surface area contributed by atoms with E-state index < -0.39 is 12.0 Å². The summed E-state index contributed by atoms with van der Waals surface area (Å²) in [6, 6.07) is 0.704. The molecule has 1 aromatic rings. The molecule has 5 heteroatoms. The van der Waals surface area contributed by atoms with E-state index in [4.69, 9.17) is 5.73 Å². The summed E-state index contributed by atoms with van der Waals surface area (Å²) in [6.45, 7) is 0. The average Bonchev–Trinajstić information content (AvgIpc) is 2.25. The second kappa shape index (κ2) is 5.41. The van der Waals surface area contributed by atoms with E-state index in [1.807, 2.05) is 0 Å². The zero-order valence-corrected chi connectivity index (χ0v) is 8.44. The van der Waals surface area contributed by atoms with Crippen LogP contribution in [0.2, 0.25) is 0 Å². The van der Waals surface area contributed by atoms with Gasteiger partial charge >= 0.3 is 5.97 Å². The van der Waals surface area contributed by atoms with Gasteiger partial charge in [0, 0.05) is 6.20 Å². The predicted molar refractivity (Wildman–Crippen MR) is 52.5 cm³/mol. The highest BCUT2D eigenvalue weighted by molar-refractivity contribution is 5.75. The quantitative estimate of drug-likeness (QED) is 0.744. The summed E-state index contributed by atoms with van der Waals surface area (Å²) < 4.78 is 17.2. The fourth-order valence-corrected chi connectivity index (χ4v) is 1.18. The summed E-state index contributed by atoms with van der Waals surface area (Å²) in [4.78, 5) is 14.7. The number of aromatic nitrogens is 1. The van der Waals surface area contributed by atoms with E-state index in [0.29, 0.717) is 18.4 Å². The van der Waals surface area contributed by atoms with Gasteiger partial charge in [0.15, 0.2) is 0 Å². The third-order valence-electron chi connectivity index (χ3n) is 2.01. The molecule has 1 rings (SSSR count). The van der Waals surface area contributed by atoms with E-state index in [9.17, 15) is 9.18 Å². The number of nitrogens with zero attached hydrogens (tertiary/aromatic N) is 1. The molecular formula is C10H13FN2O2. The number of nitrogens with two attached hydrogens (primary N) is 1. The molecule has 4 nitrogen and oxygen atoms in total. The summed E-state index contributed by atoms with van der Waals surface area (Å²) >= 11 is 0. The van der Waals surface area contributed by atoms with Crippen molar-refractivity contribution in [2.45, 2.75) is 18.9 Å². The van der Waals surface area contributed by atoms with Gasteiger partial charge in [-0.15, -0.1) is 0 Å². The highest BCUT2D eigenvalue weighted by atomic mass is 19.1. The van der Waals surface area contributed by atoms with Crippen LogP contribution < -0.4 is 5.73 Å². The summed E-state index contributed by atoms with van der Waals surface area (Å²) in [6.07, 6.45) is 3.59. The van der Waals surface area contributed by atoms with Crippen LogP contribution >= 0.6 is 0 Å². The second-order valence-electron chi connectivity index (χ2n) is 3.18. The summed E-state index contributed by atoms with van der Waals surface area (Å²) in [5.41, 5.74) is 6.24. The fraction of sp³-hybridized carbons (Fsp3) is 0.400. The minimum absolute atomic E-state index is 0.390. The van der Waals surface area contributed by atoms with E-state index in [0.717, 1.165) is 6.20 Å². The number of methoxy groups -OCH3 is 1. The number of rotatable bonds is 4. The zero-order valence-electron chi connectivity index (χ0n) is 8.44. The molecule has 0 spiro atoms. The first-order valence-electron chi connectivity index (χ1n) is 4.56. The first-order chi connectivity index (χ1) is 7.13. The lowest BCUT2D eigenvalue weighted by atomic mass is 10.1. The number of esters is 1. The van der Waals surface area contributed by atoms with Crippen molar-refractivity contribution in [3.63, 3.8) is 0 Å². The van der Waals surface area contributed by atoms with Crippen LogP contribution in [-0.2, 0) is 16.0 Å². The van der Waals surface area contributed by atoms with E-state index in [1.54, 1.807) is 6.20 Å². The van der Waals surface area contributed by atoms with Gasteiger partial charge in [-0.25, -0.2) is 4.39 Å². The Morgan fingerprint density at radius 1 is 1.67 bits per heavy atom. The predicted octanol–water partition coefficient (Wildman–Crippen LogP) is 0.654. The van der Waals surface area contributed by atoms with Gasteiger partial charge in [0.05, 0.1) is 13.3 Å². The first-order valence-corrected chi connectivity index (χ1v) is 4.56. The van der Waals surface area contributed by atoms with Crippen LogP contribution in [0.5, 0.6) is 0 Å². The fourth-order valence-electron chi connectivity index (χ4n) is 1.18. The van der Waals surface area contributed by atoms with Gasteiger partial charge in [-0.2, -0.15) is 0 Å². The van der Waals surface area contributed by atoms with Crippen molar-refractivity contribution < 1.29 is 13.9 Å². The molecular weight excluding hydrogens is 199 g/mol. The monoisotopic (exact) mass is 212 g/mol. The first kappa shape index (κ1) is 11.6. The minimum Gasteiger partial charge on any atom is -0.468 e. The Morgan fingerprint density at radius 2 is 2.40 bits per heavy atom. The Labute approximate surface area is 87.3 Å². The number of carbonyl (C=O) groups is 1. The molecule has 0 aliphatic carbocycles. The molecule has 0 bridgehead atoms. The normalized spacial score (nSPS) is 12.2. The Balaban J connectivity index is 2.47. The molecule has 15 heavy (non-hydrogen) atoms. The van der Waals surface area contributed by atoms with E-state index in [2.05, 4.69) is 9.72 Å². The number of aryl methyl sites for hydroxylation is 1. The van der Waals surface area contributed by atoms with Crippen LogP contribution in [0, 0.1) is 5.82 Å². The molecule has 1 heterocycles. The molecule has 1 aromatic heterocycles. The SMILES string of the molecule is COC(=O)C(N)CCc1cncc(F)c1. The van der Waals surface area contributed by atoms with Crippen LogP contribution in [0.1, 0.15) is 12.0 Å². The number of carbonyl (C=O) groups excluding carboxylic acids is 1. The number of ether oxygens (including phenoxy) is 1. The van der Waals surface area contributed by atoms with E-state index in [1.165, 1.54) is 13.2 Å². The highest BCUT2D eigenvalue weighted by Crippen LogP contribution is 2.05. The van der Waals surface area contributed by atoms with Crippen molar-refractivity contribution in [1.82, 2.24) is 4.98 Å². The van der Waals surface area contributed by atoms with Crippen LogP contribution in [0.4, 0.5) is 4.39 Å². The van der Waals surface area contributed by atoms with Gasteiger partial charge in [0.25, 0.3) is 0 Å². The van der Waals surface area contributed by atoms with Gasteiger partial charge in [0.2, 0.25) is 0 Å². The standard InChI is InChI=1S/C10H13FN2O2/c1-15-10(14)9(12)3-2-7-4-8(11)6-13-5-7/h4-6,9H,2-3,12H2,1H3. The van der Waals surface area contributed by atoms with Gasteiger partial charge in [-0.05, 0) is 24.5 Å². The molecule has 1 unspecified atom stereocenters. The van der Waals surface area contributed by atoms with Crippen LogP contribution in [0.25, 0.3) is 0 Å². The highest BCUT2D eigenvalue weighted by Gasteiger charge is 2.13. The van der Waals surface area contributed by atoms with Gasteiger partial charge < -0.3 is 10.5 Å². The summed E-state index contributed by atoms with van der Waals surface area (Å²) in [7, 11) is 1.28. The van der Waals surface area contributed by atoms with Crippen molar-refractivity contribution in [2.24, 2.45) is 5.73 Å². The van der Waals surface area contributed by atoms with Crippen LogP contribution in [0.3, 0.4) is 0 Å². The maximum Gasteiger partial charge on any atom is 0.322 e. The third kappa shape index (κ3) is 3.63. The Hall–Kier alpha value is -1.49. The maximum absolute atomic E-state index is 12.7. The maximum atomic E-state index is 12.7. The molecule has 2 N–H and O–H groups in total. The van der Waals surface area contributed by atoms with E-state index in [-0.39, 0.29) is 5.82 Å². The zero-order chi connectivity index (χ0) is 11.3. The van der Waals surface area contributed by atoms with Crippen LogP contribution in [-0.4, -0.2) is 24.1 Å². The number of hydrogen-bond acceptors (Lipinski definition) is 4. The number of pyridine rings is 1. The topological polar surface area (TPSA) is 65.2 Å². The number of halogens is 1. The summed E-state index contributed by atoms with van der Waals surface area (Å²) in [5, 5.41) is 0. The smallest absolute Gasteiger partial charge is 0.322 e.